The summed E-state index contributed by atoms with van der Waals surface area (Å²) in [6.45, 7) is 2.18. The Hall–Kier alpha value is 0.920. The molecule has 0 aliphatic heterocycles. The molecular weight excluding hydrogens is 246 g/mol. The van der Waals surface area contributed by atoms with E-state index < -0.39 is 0 Å². The molecule has 0 unspecified atom stereocenters. The van der Waals surface area contributed by atoms with Crippen molar-refractivity contribution in [2.24, 2.45) is 0 Å². The molecule has 0 rings (SSSR count). The molecule has 9 heavy (non-hydrogen) atoms. The summed E-state index contributed by atoms with van der Waals surface area (Å²) in [5.74, 6) is 0. The molecule has 0 aromatic rings. The highest BCUT2D eigenvalue weighted by atomic mass is 79.9. The molecule has 1 N–H and O–H groups in total. The minimum absolute atomic E-state index is 0. The van der Waals surface area contributed by atoms with Gasteiger partial charge in [0.15, 0.2) is 0 Å². The van der Waals surface area contributed by atoms with Crippen LogP contribution >= 0.6 is 32.9 Å². The minimum atomic E-state index is 0. The van der Waals surface area contributed by atoms with Crippen molar-refractivity contribution in [3.8, 4) is 0 Å². The van der Waals surface area contributed by atoms with Gasteiger partial charge in [-0.05, 0) is 20.5 Å². The standard InChI is InChI=1S/C4H9Br.C2H7N.BrH/c1-2-3-4-5;1-3-2;/h2-4H2,1H3;3H,1-2H3;1H. The lowest BCUT2D eigenvalue weighted by Crippen LogP contribution is -1.89. The van der Waals surface area contributed by atoms with Crippen molar-refractivity contribution in [2.45, 2.75) is 19.8 Å². The lowest BCUT2D eigenvalue weighted by molar-refractivity contribution is 0.902. The summed E-state index contributed by atoms with van der Waals surface area (Å²) in [5, 5.41) is 3.91. The topological polar surface area (TPSA) is 12.0 Å². The Morgan fingerprint density at radius 1 is 1.33 bits per heavy atom. The summed E-state index contributed by atoms with van der Waals surface area (Å²) >= 11 is 3.31. The Morgan fingerprint density at radius 2 is 1.67 bits per heavy atom. The molecule has 0 heterocycles. The molecule has 0 atom stereocenters. The van der Waals surface area contributed by atoms with Crippen molar-refractivity contribution < 1.29 is 0 Å². The van der Waals surface area contributed by atoms with E-state index in [-0.39, 0.29) is 17.0 Å². The van der Waals surface area contributed by atoms with Gasteiger partial charge in [0, 0.05) is 5.33 Å². The van der Waals surface area contributed by atoms with Crippen LogP contribution in [0.15, 0.2) is 0 Å². The smallest absolute Gasteiger partial charge is 0.00312 e. The first kappa shape index (κ1) is 16.5. The van der Waals surface area contributed by atoms with Crippen molar-refractivity contribution >= 4 is 32.9 Å². The average molecular weight is 263 g/mol. The number of nitrogens with one attached hydrogen (secondary N) is 1. The van der Waals surface area contributed by atoms with Crippen LogP contribution < -0.4 is 5.32 Å². The molecule has 0 aliphatic rings. The maximum atomic E-state index is 3.31. The molecule has 0 bridgehead atoms. The highest BCUT2D eigenvalue weighted by Crippen LogP contribution is 1.89. The van der Waals surface area contributed by atoms with Gasteiger partial charge in [-0.25, -0.2) is 0 Å². The third-order valence-corrected chi connectivity index (χ3v) is 1.05. The van der Waals surface area contributed by atoms with Crippen molar-refractivity contribution in [3.05, 3.63) is 0 Å². The first-order valence-electron chi connectivity index (χ1n) is 2.97. The quantitative estimate of drug-likeness (QED) is 0.755. The molecule has 0 aromatic heterocycles. The van der Waals surface area contributed by atoms with E-state index in [1.54, 1.807) is 0 Å². The van der Waals surface area contributed by atoms with Gasteiger partial charge in [0.1, 0.15) is 0 Å². The molecule has 0 fully saturated rings. The van der Waals surface area contributed by atoms with Crippen molar-refractivity contribution in [3.63, 3.8) is 0 Å². The highest BCUT2D eigenvalue weighted by molar-refractivity contribution is 9.09. The third-order valence-electron chi connectivity index (χ3n) is 0.487. The number of hydrogen-bond acceptors (Lipinski definition) is 1. The number of rotatable bonds is 2. The summed E-state index contributed by atoms with van der Waals surface area (Å²) in [7, 11) is 3.75. The van der Waals surface area contributed by atoms with Crippen LogP contribution in [0.5, 0.6) is 0 Å². The van der Waals surface area contributed by atoms with Gasteiger partial charge in [-0.15, -0.1) is 17.0 Å². The second-order valence-corrected chi connectivity index (χ2v) is 2.34. The van der Waals surface area contributed by atoms with E-state index in [4.69, 9.17) is 0 Å². The zero-order valence-electron chi connectivity index (χ0n) is 6.41. The maximum absolute atomic E-state index is 3.31. The Kier molecular flexibility index (Phi) is 42.3. The van der Waals surface area contributed by atoms with Gasteiger partial charge < -0.3 is 5.32 Å². The van der Waals surface area contributed by atoms with Crippen LogP contribution in [0.3, 0.4) is 0 Å². The van der Waals surface area contributed by atoms with Gasteiger partial charge in [0.05, 0.1) is 0 Å². The third kappa shape index (κ3) is 50.1. The number of unbranched alkanes of at least 4 members (excludes halogenated alkanes) is 1. The fourth-order valence-electron chi connectivity index (χ4n) is 0.134. The molecule has 0 saturated carbocycles. The number of halogens is 2. The van der Waals surface area contributed by atoms with Crippen molar-refractivity contribution in [1.82, 2.24) is 5.32 Å². The van der Waals surface area contributed by atoms with E-state index in [2.05, 4.69) is 28.2 Å². The minimum Gasteiger partial charge on any atom is -0.323 e. The van der Waals surface area contributed by atoms with Crippen LogP contribution in [0.25, 0.3) is 0 Å². The molecule has 0 aliphatic carbocycles. The summed E-state index contributed by atoms with van der Waals surface area (Å²) in [6.07, 6.45) is 2.60. The summed E-state index contributed by atoms with van der Waals surface area (Å²) in [6, 6.07) is 0. The van der Waals surface area contributed by atoms with Gasteiger partial charge in [0.2, 0.25) is 0 Å². The van der Waals surface area contributed by atoms with E-state index in [0.29, 0.717) is 0 Å². The van der Waals surface area contributed by atoms with Crippen LogP contribution in [0, 0.1) is 0 Å². The van der Waals surface area contributed by atoms with Gasteiger partial charge in [-0.2, -0.15) is 0 Å². The molecule has 0 aromatic carbocycles. The predicted octanol–water partition coefficient (Wildman–Crippen LogP) is 2.59. The van der Waals surface area contributed by atoms with E-state index >= 15 is 0 Å². The summed E-state index contributed by atoms with van der Waals surface area (Å²) in [4.78, 5) is 0. The Balaban J connectivity index is -0.0000000800. The van der Waals surface area contributed by atoms with Gasteiger partial charge in [-0.1, -0.05) is 29.3 Å². The largest absolute Gasteiger partial charge is 0.323 e. The zero-order valence-corrected chi connectivity index (χ0v) is 9.71. The van der Waals surface area contributed by atoms with E-state index in [0.717, 1.165) is 5.33 Å². The van der Waals surface area contributed by atoms with E-state index in [1.807, 2.05) is 14.1 Å². The molecule has 0 saturated heterocycles. The zero-order chi connectivity index (χ0) is 6.83. The Labute approximate surface area is 77.5 Å². The molecule has 3 heteroatoms. The first-order valence-corrected chi connectivity index (χ1v) is 4.10. The number of alkyl halides is 1. The van der Waals surface area contributed by atoms with Gasteiger partial charge in [-0.3, -0.25) is 0 Å². The second kappa shape index (κ2) is 23.1. The molecular formula is C6H17Br2N. The van der Waals surface area contributed by atoms with Crippen LogP contribution in [-0.4, -0.2) is 19.4 Å². The van der Waals surface area contributed by atoms with Gasteiger partial charge in [0.25, 0.3) is 0 Å². The molecule has 1 nitrogen and oxygen atoms in total. The van der Waals surface area contributed by atoms with Crippen LogP contribution in [-0.2, 0) is 0 Å². The average Bonchev–Trinajstić information content (AvgIpc) is 1.71. The second-order valence-electron chi connectivity index (χ2n) is 1.54. The van der Waals surface area contributed by atoms with Crippen LogP contribution in [0.2, 0.25) is 0 Å². The molecule has 0 amide bonds. The Bertz CT molecular complexity index is 25.0. The van der Waals surface area contributed by atoms with Crippen LogP contribution in [0.1, 0.15) is 19.8 Å². The lowest BCUT2D eigenvalue weighted by Gasteiger charge is -1.77. The van der Waals surface area contributed by atoms with E-state index in [1.165, 1.54) is 12.8 Å². The fourth-order valence-corrected chi connectivity index (χ4v) is 0.694. The SMILES string of the molecule is Br.CCCCBr.CNC. The Morgan fingerprint density at radius 3 is 1.67 bits per heavy atom. The van der Waals surface area contributed by atoms with Crippen molar-refractivity contribution in [1.29, 1.82) is 0 Å². The first-order chi connectivity index (χ1) is 3.83. The number of hydrogen-bond donors (Lipinski definition) is 1. The fraction of sp³-hybridized carbons (Fsp3) is 1.00. The van der Waals surface area contributed by atoms with Gasteiger partial charge >= 0.3 is 0 Å². The monoisotopic (exact) mass is 261 g/mol. The molecule has 0 radical (unpaired) electrons. The predicted molar refractivity (Wildman–Crippen MR) is 54.0 cm³/mol. The summed E-state index contributed by atoms with van der Waals surface area (Å²) < 4.78 is 0. The highest BCUT2D eigenvalue weighted by Gasteiger charge is 1.69. The maximum Gasteiger partial charge on any atom is 0.00312 e. The van der Waals surface area contributed by atoms with Crippen molar-refractivity contribution in [2.75, 3.05) is 19.4 Å². The molecule has 60 valence electrons. The summed E-state index contributed by atoms with van der Waals surface area (Å²) in [5.41, 5.74) is 0. The normalized spacial score (nSPS) is 6.67. The van der Waals surface area contributed by atoms with E-state index in [9.17, 15) is 0 Å². The lowest BCUT2D eigenvalue weighted by atomic mass is 10.4. The molecule has 0 spiro atoms. The van der Waals surface area contributed by atoms with Crippen LogP contribution in [0.4, 0.5) is 0 Å².